The molecule has 1 nitrogen and oxygen atoms in total. The van der Waals surface area contributed by atoms with E-state index < -0.39 is 5.82 Å². The highest BCUT2D eigenvalue weighted by Gasteiger charge is 2.07. The zero-order valence-corrected chi connectivity index (χ0v) is 12.2. The zero-order chi connectivity index (χ0) is 14.5. The standard InChI is InChI=1S/C15H14ClF2NS/c16-14-6-1-10(8-15(14)18)7-12(19)9-20-13-4-2-11(17)3-5-13/h1-6,8,12H,7,9,19H2. The van der Waals surface area contributed by atoms with Crippen LogP contribution in [0.25, 0.3) is 0 Å². The van der Waals surface area contributed by atoms with Crippen molar-refractivity contribution in [3.8, 4) is 0 Å². The van der Waals surface area contributed by atoms with Crippen LogP contribution >= 0.6 is 23.4 Å². The third-order valence-corrected chi connectivity index (χ3v) is 4.27. The Labute approximate surface area is 126 Å². The minimum atomic E-state index is -0.428. The number of halogens is 3. The SMILES string of the molecule is NC(CSc1ccc(F)cc1)Cc1ccc(Cl)c(F)c1. The highest BCUT2D eigenvalue weighted by Crippen LogP contribution is 2.21. The van der Waals surface area contributed by atoms with Gasteiger partial charge in [-0.3, -0.25) is 0 Å². The van der Waals surface area contributed by atoms with Crippen LogP contribution in [0.1, 0.15) is 5.56 Å². The van der Waals surface area contributed by atoms with Gasteiger partial charge in [0.05, 0.1) is 5.02 Å². The second-order valence-corrected chi connectivity index (χ2v) is 5.98. The molecule has 0 aliphatic heterocycles. The van der Waals surface area contributed by atoms with Crippen molar-refractivity contribution in [1.82, 2.24) is 0 Å². The maximum atomic E-state index is 13.3. The van der Waals surface area contributed by atoms with Crippen molar-refractivity contribution in [2.75, 3.05) is 5.75 Å². The Morgan fingerprint density at radius 2 is 1.80 bits per heavy atom. The summed E-state index contributed by atoms with van der Waals surface area (Å²) in [5.41, 5.74) is 6.84. The number of hydrogen-bond acceptors (Lipinski definition) is 2. The molecule has 20 heavy (non-hydrogen) atoms. The van der Waals surface area contributed by atoms with Crippen LogP contribution in [-0.4, -0.2) is 11.8 Å². The van der Waals surface area contributed by atoms with E-state index in [1.54, 1.807) is 30.0 Å². The number of thioether (sulfide) groups is 1. The van der Waals surface area contributed by atoms with Gasteiger partial charge in [0.15, 0.2) is 0 Å². The monoisotopic (exact) mass is 313 g/mol. The summed E-state index contributed by atoms with van der Waals surface area (Å²) in [6.45, 7) is 0. The van der Waals surface area contributed by atoms with Crippen molar-refractivity contribution in [2.24, 2.45) is 5.73 Å². The second kappa shape index (κ2) is 7.07. The molecule has 5 heteroatoms. The van der Waals surface area contributed by atoms with Gasteiger partial charge < -0.3 is 5.73 Å². The van der Waals surface area contributed by atoms with Gasteiger partial charge in [0, 0.05) is 16.7 Å². The molecule has 1 unspecified atom stereocenters. The van der Waals surface area contributed by atoms with Crippen LogP contribution in [0, 0.1) is 11.6 Å². The number of hydrogen-bond donors (Lipinski definition) is 1. The van der Waals surface area contributed by atoms with Crippen molar-refractivity contribution < 1.29 is 8.78 Å². The van der Waals surface area contributed by atoms with Crippen molar-refractivity contribution >= 4 is 23.4 Å². The lowest BCUT2D eigenvalue weighted by atomic mass is 10.1. The van der Waals surface area contributed by atoms with Gasteiger partial charge in [-0.1, -0.05) is 17.7 Å². The van der Waals surface area contributed by atoms with Crippen LogP contribution in [0.15, 0.2) is 47.4 Å². The molecule has 106 valence electrons. The van der Waals surface area contributed by atoms with Crippen molar-refractivity contribution in [2.45, 2.75) is 17.4 Å². The molecule has 0 saturated heterocycles. The first kappa shape index (κ1) is 15.3. The molecule has 2 rings (SSSR count). The number of rotatable bonds is 5. The largest absolute Gasteiger partial charge is 0.327 e. The van der Waals surface area contributed by atoms with Gasteiger partial charge in [-0.05, 0) is 48.4 Å². The molecule has 0 radical (unpaired) electrons. The summed E-state index contributed by atoms with van der Waals surface area (Å²) in [7, 11) is 0. The third kappa shape index (κ3) is 4.47. The van der Waals surface area contributed by atoms with Crippen LogP contribution in [0.5, 0.6) is 0 Å². The molecule has 0 bridgehead atoms. The normalized spacial score (nSPS) is 12.4. The van der Waals surface area contributed by atoms with E-state index in [1.165, 1.54) is 24.3 Å². The van der Waals surface area contributed by atoms with Gasteiger partial charge in [-0.2, -0.15) is 0 Å². The molecular weight excluding hydrogens is 300 g/mol. The van der Waals surface area contributed by atoms with Crippen molar-refractivity contribution in [1.29, 1.82) is 0 Å². The molecule has 0 aliphatic carbocycles. The maximum Gasteiger partial charge on any atom is 0.142 e. The Balaban J connectivity index is 1.87. The highest BCUT2D eigenvalue weighted by atomic mass is 35.5. The van der Waals surface area contributed by atoms with E-state index in [1.807, 2.05) is 0 Å². The summed E-state index contributed by atoms with van der Waals surface area (Å²) in [5.74, 6) is -0.00609. The van der Waals surface area contributed by atoms with Gasteiger partial charge in [0.25, 0.3) is 0 Å². The minimum Gasteiger partial charge on any atom is -0.327 e. The molecule has 2 N–H and O–H groups in total. The van der Waals surface area contributed by atoms with Crippen molar-refractivity contribution in [3.63, 3.8) is 0 Å². The lowest BCUT2D eigenvalue weighted by molar-refractivity contribution is 0.623. The number of benzene rings is 2. The van der Waals surface area contributed by atoms with Crippen molar-refractivity contribution in [3.05, 3.63) is 64.7 Å². The third-order valence-electron chi connectivity index (χ3n) is 2.76. The quantitative estimate of drug-likeness (QED) is 0.834. The summed E-state index contributed by atoms with van der Waals surface area (Å²) in [5, 5.41) is 0.114. The number of nitrogens with two attached hydrogens (primary N) is 1. The van der Waals surface area contributed by atoms with E-state index in [2.05, 4.69) is 0 Å². The van der Waals surface area contributed by atoms with Crippen LogP contribution in [0.4, 0.5) is 8.78 Å². The predicted octanol–water partition coefficient (Wildman–Crippen LogP) is 4.28. The average molecular weight is 314 g/mol. The van der Waals surface area contributed by atoms with Gasteiger partial charge in [0.2, 0.25) is 0 Å². The Morgan fingerprint density at radius 1 is 1.10 bits per heavy atom. The van der Waals surface area contributed by atoms with E-state index in [-0.39, 0.29) is 16.9 Å². The summed E-state index contributed by atoms with van der Waals surface area (Å²) in [6.07, 6.45) is 0.572. The lowest BCUT2D eigenvalue weighted by Crippen LogP contribution is -2.25. The maximum absolute atomic E-state index is 13.3. The molecule has 0 spiro atoms. The minimum absolute atomic E-state index is 0.106. The molecule has 0 amide bonds. The van der Waals surface area contributed by atoms with Crippen LogP contribution < -0.4 is 5.73 Å². The van der Waals surface area contributed by atoms with E-state index in [0.29, 0.717) is 12.2 Å². The molecule has 0 heterocycles. The van der Waals surface area contributed by atoms with Gasteiger partial charge in [0.1, 0.15) is 11.6 Å². The van der Waals surface area contributed by atoms with E-state index >= 15 is 0 Å². The first-order valence-electron chi connectivity index (χ1n) is 6.12. The molecule has 2 aromatic rings. The van der Waals surface area contributed by atoms with E-state index in [4.69, 9.17) is 17.3 Å². The Morgan fingerprint density at radius 3 is 2.45 bits per heavy atom. The first-order valence-corrected chi connectivity index (χ1v) is 7.49. The second-order valence-electron chi connectivity index (χ2n) is 4.48. The van der Waals surface area contributed by atoms with Crippen LogP contribution in [0.3, 0.4) is 0 Å². The zero-order valence-electron chi connectivity index (χ0n) is 10.7. The van der Waals surface area contributed by atoms with Gasteiger partial charge >= 0.3 is 0 Å². The van der Waals surface area contributed by atoms with E-state index in [0.717, 1.165) is 10.5 Å². The lowest BCUT2D eigenvalue weighted by Gasteiger charge is -2.11. The molecule has 0 aliphatic rings. The molecule has 0 fully saturated rings. The molecular formula is C15H14ClF2NS. The Hall–Kier alpha value is -1.10. The summed E-state index contributed by atoms with van der Waals surface area (Å²) >= 11 is 7.18. The predicted molar refractivity (Wildman–Crippen MR) is 80.2 cm³/mol. The smallest absolute Gasteiger partial charge is 0.142 e. The fourth-order valence-corrected chi connectivity index (χ4v) is 2.73. The first-order chi connectivity index (χ1) is 9.54. The average Bonchev–Trinajstić information content (AvgIpc) is 2.42. The Bertz CT molecular complexity index is 575. The fraction of sp³-hybridized carbons (Fsp3) is 0.200. The van der Waals surface area contributed by atoms with Gasteiger partial charge in [-0.15, -0.1) is 11.8 Å². The summed E-state index contributed by atoms with van der Waals surface area (Å²) in [6, 6.07) is 10.9. The topological polar surface area (TPSA) is 26.0 Å². The Kier molecular flexibility index (Phi) is 5.40. The highest BCUT2D eigenvalue weighted by molar-refractivity contribution is 7.99. The fourth-order valence-electron chi connectivity index (χ4n) is 1.76. The molecule has 2 aromatic carbocycles. The van der Waals surface area contributed by atoms with Crippen LogP contribution in [-0.2, 0) is 6.42 Å². The molecule has 0 aromatic heterocycles. The van der Waals surface area contributed by atoms with Crippen LogP contribution in [0.2, 0.25) is 5.02 Å². The van der Waals surface area contributed by atoms with E-state index in [9.17, 15) is 8.78 Å². The molecule has 1 atom stereocenters. The summed E-state index contributed by atoms with van der Waals surface area (Å²) < 4.78 is 26.1. The molecule has 0 saturated carbocycles. The van der Waals surface area contributed by atoms with Gasteiger partial charge in [-0.25, -0.2) is 8.78 Å². The summed E-state index contributed by atoms with van der Waals surface area (Å²) in [4.78, 5) is 0.962.